The van der Waals surface area contributed by atoms with Gasteiger partial charge in [-0.3, -0.25) is 0 Å². The minimum Gasteiger partial charge on any atom is -0.241 e. The van der Waals surface area contributed by atoms with E-state index in [0.29, 0.717) is 18.0 Å². The molecular formula is C21H17ClN2O2S2. The quantitative estimate of drug-likeness (QED) is 0.462. The summed E-state index contributed by atoms with van der Waals surface area (Å²) in [4.78, 5) is 4.78. The smallest absolute Gasteiger partial charge is 0.240 e. The average Bonchev–Trinajstić information content (AvgIpc) is 3.11. The van der Waals surface area contributed by atoms with E-state index in [2.05, 4.69) is 9.71 Å². The van der Waals surface area contributed by atoms with Crippen LogP contribution in [-0.2, 0) is 16.4 Å². The number of halogens is 1. The molecule has 0 aliphatic heterocycles. The third-order valence-corrected chi connectivity index (χ3v) is 7.14. The van der Waals surface area contributed by atoms with E-state index in [9.17, 15) is 8.42 Å². The second-order valence-electron chi connectivity index (χ2n) is 6.25. The van der Waals surface area contributed by atoms with Crippen LogP contribution >= 0.6 is 22.9 Å². The van der Waals surface area contributed by atoms with Crippen LogP contribution in [0.15, 0.2) is 77.7 Å². The first-order chi connectivity index (χ1) is 13.5. The lowest BCUT2D eigenvalue weighted by Gasteiger charge is -2.07. The molecule has 0 aliphatic carbocycles. The first kappa shape index (κ1) is 19.1. The second-order valence-corrected chi connectivity index (χ2v) is 9.57. The van der Waals surface area contributed by atoms with E-state index in [0.717, 1.165) is 26.4 Å². The number of nitrogens with one attached hydrogen (secondary N) is 1. The van der Waals surface area contributed by atoms with E-state index in [1.54, 1.807) is 35.6 Å². The number of para-hydroxylation sites is 1. The standard InChI is InChI=1S/C21H17ClN2O2S2/c22-17-9-5-15(6-10-17)16-7-11-18(12-8-16)28(25,26)23-14-13-21-24-19-3-1-2-4-20(19)27-21/h1-12,23H,13-14H2. The van der Waals surface area contributed by atoms with Gasteiger partial charge in [0.05, 0.1) is 20.1 Å². The molecule has 0 unspecified atom stereocenters. The highest BCUT2D eigenvalue weighted by Crippen LogP contribution is 2.24. The molecule has 4 rings (SSSR count). The average molecular weight is 429 g/mol. The summed E-state index contributed by atoms with van der Waals surface area (Å²) in [7, 11) is -3.56. The largest absolute Gasteiger partial charge is 0.241 e. The number of aromatic nitrogens is 1. The summed E-state index contributed by atoms with van der Waals surface area (Å²) in [6.07, 6.45) is 0.557. The number of hydrogen-bond acceptors (Lipinski definition) is 4. The van der Waals surface area contributed by atoms with E-state index in [-0.39, 0.29) is 4.90 Å². The van der Waals surface area contributed by atoms with Crippen LogP contribution in [0, 0.1) is 0 Å². The van der Waals surface area contributed by atoms with Gasteiger partial charge in [0.25, 0.3) is 0 Å². The summed E-state index contributed by atoms with van der Waals surface area (Å²) >= 11 is 7.50. The highest BCUT2D eigenvalue weighted by molar-refractivity contribution is 7.89. The maximum absolute atomic E-state index is 12.5. The lowest BCUT2D eigenvalue weighted by molar-refractivity contribution is 0.581. The Labute approximate surface area is 172 Å². The van der Waals surface area contributed by atoms with Crippen molar-refractivity contribution in [3.63, 3.8) is 0 Å². The van der Waals surface area contributed by atoms with Gasteiger partial charge in [0.15, 0.2) is 0 Å². The zero-order valence-corrected chi connectivity index (χ0v) is 17.2. The maximum Gasteiger partial charge on any atom is 0.240 e. The Morgan fingerprint density at radius 1 is 0.893 bits per heavy atom. The van der Waals surface area contributed by atoms with Gasteiger partial charge in [-0.2, -0.15) is 0 Å². The van der Waals surface area contributed by atoms with Crippen molar-refractivity contribution < 1.29 is 8.42 Å². The molecular weight excluding hydrogens is 412 g/mol. The molecule has 0 amide bonds. The Kier molecular flexibility index (Phi) is 5.46. The van der Waals surface area contributed by atoms with Crippen molar-refractivity contribution in [2.45, 2.75) is 11.3 Å². The van der Waals surface area contributed by atoms with Gasteiger partial charge >= 0.3 is 0 Å². The van der Waals surface area contributed by atoms with E-state index >= 15 is 0 Å². The SMILES string of the molecule is O=S(=O)(NCCc1nc2ccccc2s1)c1ccc(-c2ccc(Cl)cc2)cc1. The zero-order chi connectivity index (χ0) is 19.6. The summed E-state index contributed by atoms with van der Waals surface area (Å²) in [5.74, 6) is 0. The molecule has 0 bridgehead atoms. The van der Waals surface area contributed by atoms with Gasteiger partial charge in [-0.15, -0.1) is 11.3 Å². The molecule has 1 heterocycles. The van der Waals surface area contributed by atoms with Crippen LogP contribution in [0.25, 0.3) is 21.3 Å². The number of hydrogen-bond donors (Lipinski definition) is 1. The highest BCUT2D eigenvalue weighted by Gasteiger charge is 2.14. The summed E-state index contributed by atoms with van der Waals surface area (Å²) in [5, 5.41) is 1.59. The van der Waals surface area contributed by atoms with E-state index in [4.69, 9.17) is 11.6 Å². The molecule has 142 valence electrons. The number of rotatable bonds is 6. The molecule has 0 spiro atoms. The fourth-order valence-electron chi connectivity index (χ4n) is 2.87. The minimum atomic E-state index is -3.56. The van der Waals surface area contributed by atoms with Crippen molar-refractivity contribution in [2.24, 2.45) is 0 Å². The topological polar surface area (TPSA) is 59.1 Å². The number of thiazole rings is 1. The highest BCUT2D eigenvalue weighted by atomic mass is 35.5. The van der Waals surface area contributed by atoms with Gasteiger partial charge in [0, 0.05) is 18.0 Å². The summed E-state index contributed by atoms with van der Waals surface area (Å²) in [6, 6.07) is 22.2. The first-order valence-electron chi connectivity index (χ1n) is 8.71. The summed E-state index contributed by atoms with van der Waals surface area (Å²) in [6.45, 7) is 0.307. The van der Waals surface area contributed by atoms with Crippen LogP contribution in [0.5, 0.6) is 0 Å². The Balaban J connectivity index is 1.42. The monoisotopic (exact) mass is 428 g/mol. The van der Waals surface area contributed by atoms with Crippen molar-refractivity contribution in [3.8, 4) is 11.1 Å². The van der Waals surface area contributed by atoms with E-state index < -0.39 is 10.0 Å². The van der Waals surface area contributed by atoms with Crippen LogP contribution in [0.2, 0.25) is 5.02 Å². The molecule has 1 aromatic heterocycles. The van der Waals surface area contributed by atoms with Crippen molar-refractivity contribution in [1.82, 2.24) is 9.71 Å². The van der Waals surface area contributed by atoms with Gasteiger partial charge in [0.1, 0.15) is 0 Å². The normalized spacial score (nSPS) is 11.8. The molecule has 3 aromatic carbocycles. The molecule has 1 N–H and O–H groups in total. The molecule has 7 heteroatoms. The summed E-state index contributed by atoms with van der Waals surface area (Å²) in [5.41, 5.74) is 2.87. The van der Waals surface area contributed by atoms with Crippen LogP contribution in [0.1, 0.15) is 5.01 Å². The van der Waals surface area contributed by atoms with Gasteiger partial charge in [-0.05, 0) is 47.5 Å². The van der Waals surface area contributed by atoms with Crippen molar-refractivity contribution in [2.75, 3.05) is 6.54 Å². The van der Waals surface area contributed by atoms with Crippen LogP contribution < -0.4 is 4.72 Å². The number of fused-ring (bicyclic) bond motifs is 1. The Hall–Kier alpha value is -2.25. The molecule has 4 nitrogen and oxygen atoms in total. The van der Waals surface area contributed by atoms with Crippen molar-refractivity contribution in [3.05, 3.63) is 82.8 Å². The Morgan fingerprint density at radius 3 is 2.21 bits per heavy atom. The third kappa shape index (κ3) is 4.25. The first-order valence-corrected chi connectivity index (χ1v) is 11.4. The second kappa shape index (κ2) is 8.01. The minimum absolute atomic E-state index is 0.245. The molecule has 0 aliphatic rings. The molecule has 0 radical (unpaired) electrons. The lowest BCUT2D eigenvalue weighted by Crippen LogP contribution is -2.25. The van der Waals surface area contributed by atoms with Gasteiger partial charge in [-0.1, -0.05) is 48.0 Å². The molecule has 0 saturated heterocycles. The molecule has 0 fully saturated rings. The fraction of sp³-hybridized carbons (Fsp3) is 0.0952. The lowest BCUT2D eigenvalue weighted by atomic mass is 10.1. The molecule has 0 atom stereocenters. The number of nitrogens with zero attached hydrogens (tertiary/aromatic N) is 1. The van der Waals surface area contributed by atoms with Crippen LogP contribution in [0.3, 0.4) is 0 Å². The predicted octanol–water partition coefficient (Wildman–Crippen LogP) is 5.14. The fourth-order valence-corrected chi connectivity index (χ4v) is 5.00. The van der Waals surface area contributed by atoms with E-state index in [1.165, 1.54) is 0 Å². The van der Waals surface area contributed by atoms with Gasteiger partial charge < -0.3 is 0 Å². The summed E-state index contributed by atoms with van der Waals surface area (Å²) < 4.78 is 28.8. The Bertz CT molecular complexity index is 1170. The predicted molar refractivity (Wildman–Crippen MR) is 115 cm³/mol. The number of sulfonamides is 1. The van der Waals surface area contributed by atoms with Crippen molar-refractivity contribution >= 4 is 43.2 Å². The number of benzene rings is 3. The van der Waals surface area contributed by atoms with E-state index in [1.807, 2.05) is 48.5 Å². The molecule has 4 aromatic rings. The van der Waals surface area contributed by atoms with Crippen LogP contribution in [-0.4, -0.2) is 19.9 Å². The van der Waals surface area contributed by atoms with Gasteiger partial charge in [0.2, 0.25) is 10.0 Å². The van der Waals surface area contributed by atoms with Gasteiger partial charge in [-0.25, -0.2) is 18.1 Å². The van der Waals surface area contributed by atoms with Crippen LogP contribution in [0.4, 0.5) is 0 Å². The third-order valence-electron chi connectivity index (χ3n) is 4.31. The molecule has 0 saturated carbocycles. The zero-order valence-electron chi connectivity index (χ0n) is 14.8. The molecule has 28 heavy (non-hydrogen) atoms. The Morgan fingerprint density at radius 2 is 1.54 bits per heavy atom. The maximum atomic E-state index is 12.5. The van der Waals surface area contributed by atoms with Crippen molar-refractivity contribution in [1.29, 1.82) is 0 Å².